The molecule has 31 heavy (non-hydrogen) atoms. The molecule has 1 aromatic carbocycles. The van der Waals surface area contributed by atoms with Crippen molar-refractivity contribution in [1.29, 1.82) is 0 Å². The topological polar surface area (TPSA) is 67.9 Å². The number of halogens is 1. The Morgan fingerprint density at radius 1 is 1.06 bits per heavy atom. The summed E-state index contributed by atoms with van der Waals surface area (Å²) in [4.78, 5) is 27.6. The van der Waals surface area contributed by atoms with Crippen LogP contribution < -0.4 is 14.8 Å². The zero-order valence-electron chi connectivity index (χ0n) is 18.8. The van der Waals surface area contributed by atoms with E-state index in [1.54, 1.807) is 12.1 Å². The normalized spacial score (nSPS) is 18.0. The Balaban J connectivity index is 1.57. The minimum absolute atomic E-state index is 0.0493. The van der Waals surface area contributed by atoms with Gasteiger partial charge in [-0.15, -0.1) is 0 Å². The molecule has 0 atom stereocenters. The molecule has 6 nitrogen and oxygen atoms in total. The molecule has 172 valence electrons. The van der Waals surface area contributed by atoms with Gasteiger partial charge in [0.15, 0.2) is 11.5 Å². The fourth-order valence-electron chi connectivity index (χ4n) is 4.43. The van der Waals surface area contributed by atoms with Gasteiger partial charge in [-0.25, -0.2) is 0 Å². The van der Waals surface area contributed by atoms with Gasteiger partial charge in [-0.2, -0.15) is 0 Å². The van der Waals surface area contributed by atoms with Gasteiger partial charge in [-0.1, -0.05) is 37.8 Å². The highest BCUT2D eigenvalue weighted by molar-refractivity contribution is 6.32. The molecule has 1 N–H and O–H groups in total. The maximum Gasteiger partial charge on any atom is 0.251 e. The summed E-state index contributed by atoms with van der Waals surface area (Å²) >= 11 is 6.39. The largest absolute Gasteiger partial charge is 0.490 e. The van der Waals surface area contributed by atoms with Crippen LogP contribution >= 0.6 is 11.6 Å². The van der Waals surface area contributed by atoms with Crippen molar-refractivity contribution in [3.8, 4) is 11.5 Å². The maximum absolute atomic E-state index is 12.9. The summed E-state index contributed by atoms with van der Waals surface area (Å²) in [5.74, 6) is 1.30. The first-order valence-corrected chi connectivity index (χ1v) is 12.1. The van der Waals surface area contributed by atoms with Crippen molar-refractivity contribution in [2.75, 3.05) is 26.3 Å². The Bertz CT molecular complexity index is 756. The van der Waals surface area contributed by atoms with Crippen molar-refractivity contribution in [1.82, 2.24) is 10.2 Å². The smallest absolute Gasteiger partial charge is 0.251 e. The number of ether oxygens (including phenoxy) is 2. The maximum atomic E-state index is 12.9. The molecule has 1 aliphatic carbocycles. The highest BCUT2D eigenvalue weighted by Crippen LogP contribution is 2.37. The number of carbonyl (C=O) groups excluding carboxylic acids is 2. The van der Waals surface area contributed by atoms with E-state index in [1.165, 1.54) is 6.42 Å². The van der Waals surface area contributed by atoms with Gasteiger partial charge in [0, 0.05) is 30.6 Å². The van der Waals surface area contributed by atoms with Gasteiger partial charge in [0.1, 0.15) is 0 Å². The minimum Gasteiger partial charge on any atom is -0.490 e. The van der Waals surface area contributed by atoms with Crippen LogP contribution in [0.4, 0.5) is 0 Å². The second-order valence-corrected chi connectivity index (χ2v) is 8.88. The van der Waals surface area contributed by atoms with E-state index in [9.17, 15) is 9.59 Å². The van der Waals surface area contributed by atoms with E-state index in [-0.39, 0.29) is 17.9 Å². The number of nitrogens with zero attached hydrogens (tertiary/aromatic N) is 1. The van der Waals surface area contributed by atoms with Crippen molar-refractivity contribution in [3.63, 3.8) is 0 Å². The van der Waals surface area contributed by atoms with Crippen LogP contribution in [-0.2, 0) is 4.79 Å². The van der Waals surface area contributed by atoms with Crippen molar-refractivity contribution in [3.05, 3.63) is 22.7 Å². The van der Waals surface area contributed by atoms with Gasteiger partial charge in [0.05, 0.1) is 18.2 Å². The van der Waals surface area contributed by atoms with Crippen LogP contribution in [0.5, 0.6) is 11.5 Å². The quantitative estimate of drug-likeness (QED) is 0.616. The number of piperidine rings is 1. The van der Waals surface area contributed by atoms with Crippen molar-refractivity contribution < 1.29 is 19.1 Å². The van der Waals surface area contributed by atoms with E-state index < -0.39 is 0 Å². The van der Waals surface area contributed by atoms with Crippen molar-refractivity contribution in [2.45, 2.75) is 71.3 Å². The van der Waals surface area contributed by atoms with Gasteiger partial charge in [0.25, 0.3) is 5.91 Å². The van der Waals surface area contributed by atoms with E-state index >= 15 is 0 Å². The zero-order valence-corrected chi connectivity index (χ0v) is 19.5. The predicted octanol–water partition coefficient (Wildman–Crippen LogP) is 4.83. The molecule has 1 aromatic rings. The summed E-state index contributed by atoms with van der Waals surface area (Å²) in [6.45, 7) is 6.29. The molecule has 2 amide bonds. The lowest BCUT2D eigenvalue weighted by Gasteiger charge is -2.35. The van der Waals surface area contributed by atoms with Crippen LogP contribution in [0.2, 0.25) is 5.02 Å². The summed E-state index contributed by atoms with van der Waals surface area (Å²) < 4.78 is 11.4. The van der Waals surface area contributed by atoms with Gasteiger partial charge in [-0.05, 0) is 51.2 Å². The van der Waals surface area contributed by atoms with Gasteiger partial charge in [0.2, 0.25) is 5.91 Å². The lowest BCUT2D eigenvalue weighted by Crippen LogP contribution is -2.48. The van der Waals surface area contributed by atoms with E-state index in [2.05, 4.69) is 5.32 Å². The molecule has 1 heterocycles. The number of hydrogen-bond acceptors (Lipinski definition) is 4. The second-order valence-electron chi connectivity index (χ2n) is 8.47. The van der Waals surface area contributed by atoms with Crippen molar-refractivity contribution in [2.24, 2.45) is 5.92 Å². The van der Waals surface area contributed by atoms with Gasteiger partial charge >= 0.3 is 0 Å². The average Bonchev–Trinajstić information content (AvgIpc) is 2.79. The minimum atomic E-state index is -0.179. The zero-order chi connectivity index (χ0) is 22.2. The molecule has 2 aliphatic rings. The second kappa shape index (κ2) is 11.6. The van der Waals surface area contributed by atoms with Gasteiger partial charge < -0.3 is 19.7 Å². The average molecular weight is 451 g/mol. The number of rotatable bonds is 8. The molecular formula is C24H35ClN2O4. The molecule has 2 fully saturated rings. The molecule has 1 saturated heterocycles. The number of carbonyl (C=O) groups is 2. The third-order valence-corrected chi connectivity index (χ3v) is 6.40. The Kier molecular flexibility index (Phi) is 8.88. The fourth-order valence-corrected chi connectivity index (χ4v) is 4.69. The Labute approximate surface area is 190 Å². The van der Waals surface area contributed by atoms with E-state index in [1.807, 2.05) is 18.7 Å². The van der Waals surface area contributed by atoms with Crippen LogP contribution in [0, 0.1) is 5.92 Å². The molecule has 3 rings (SSSR count). The lowest BCUT2D eigenvalue weighted by molar-refractivity contribution is -0.137. The Hall–Kier alpha value is -1.95. The van der Waals surface area contributed by atoms with E-state index in [0.29, 0.717) is 54.3 Å². The molecule has 1 aliphatic heterocycles. The highest BCUT2D eigenvalue weighted by atomic mass is 35.5. The molecule has 0 unspecified atom stereocenters. The molecule has 0 spiro atoms. The van der Waals surface area contributed by atoms with Gasteiger partial charge in [-0.3, -0.25) is 9.59 Å². The van der Waals surface area contributed by atoms with Crippen LogP contribution in [0.3, 0.4) is 0 Å². The number of nitrogens with one attached hydrogen (secondary N) is 1. The van der Waals surface area contributed by atoms with Crippen LogP contribution in [0.15, 0.2) is 12.1 Å². The third-order valence-electron chi connectivity index (χ3n) is 6.12. The number of hydrogen-bond donors (Lipinski definition) is 1. The predicted molar refractivity (Wildman–Crippen MR) is 122 cm³/mol. The first-order chi connectivity index (χ1) is 15.0. The third kappa shape index (κ3) is 6.28. The summed E-state index contributed by atoms with van der Waals surface area (Å²) in [5, 5.41) is 3.47. The summed E-state index contributed by atoms with van der Waals surface area (Å²) in [5.41, 5.74) is 0.456. The lowest BCUT2D eigenvalue weighted by atomic mass is 9.87. The number of likely N-dealkylation sites (tertiary alicyclic amines) is 1. The summed E-state index contributed by atoms with van der Waals surface area (Å²) in [7, 11) is 0. The number of amides is 2. The first kappa shape index (κ1) is 23.7. The monoisotopic (exact) mass is 450 g/mol. The van der Waals surface area contributed by atoms with Crippen molar-refractivity contribution >= 4 is 23.4 Å². The SMILES string of the molecule is CCCOc1c(Cl)cc(C(=O)NC2CCN(C(=O)C3CCCCC3)CC2)cc1OCC. The molecule has 0 radical (unpaired) electrons. The summed E-state index contributed by atoms with van der Waals surface area (Å²) in [6.07, 6.45) is 8.02. The summed E-state index contributed by atoms with van der Waals surface area (Å²) in [6, 6.07) is 3.37. The van der Waals surface area contributed by atoms with Crippen LogP contribution in [0.25, 0.3) is 0 Å². The fraction of sp³-hybridized carbons (Fsp3) is 0.667. The standard InChI is InChI=1S/C24H35ClN2O4/c1-3-14-31-22-20(25)15-18(16-21(22)30-4-2)23(28)26-19-10-12-27(13-11-19)24(29)17-8-6-5-7-9-17/h15-17,19H,3-14H2,1-2H3,(H,26,28). The van der Waals surface area contributed by atoms with Crippen LogP contribution in [0.1, 0.15) is 75.6 Å². The Morgan fingerprint density at radius 2 is 1.77 bits per heavy atom. The molecule has 0 aromatic heterocycles. The highest BCUT2D eigenvalue weighted by Gasteiger charge is 2.30. The molecular weight excluding hydrogens is 416 g/mol. The molecule has 1 saturated carbocycles. The van der Waals surface area contributed by atoms with E-state index in [0.717, 1.165) is 44.9 Å². The van der Waals surface area contributed by atoms with Crippen LogP contribution in [-0.4, -0.2) is 49.1 Å². The number of benzene rings is 1. The molecule has 7 heteroatoms. The van der Waals surface area contributed by atoms with E-state index in [4.69, 9.17) is 21.1 Å². The molecule has 0 bridgehead atoms. The Morgan fingerprint density at radius 3 is 2.42 bits per heavy atom. The first-order valence-electron chi connectivity index (χ1n) is 11.7.